The van der Waals surface area contributed by atoms with Crippen molar-refractivity contribution in [3.05, 3.63) is 245 Å². The zero-order chi connectivity index (χ0) is 39.9. The SMILES string of the molecule is c1ccc(-n2c3cc4c(cc3c3cc5c(cc32)C2(c3ccccc3Oc3ccccc32)c2ccccc2O5)Oc2ccccc2C42c3ccccc3Oc3ccccc32)cc1. The molecule has 0 radical (unpaired) electrons. The molecule has 4 aliphatic rings. The minimum atomic E-state index is -0.731. The molecular weight excluding hydrogens is 751 g/mol. The lowest BCUT2D eigenvalue weighted by Gasteiger charge is -2.44. The van der Waals surface area contributed by atoms with E-state index in [0.29, 0.717) is 0 Å². The van der Waals surface area contributed by atoms with E-state index in [-0.39, 0.29) is 0 Å². The first kappa shape index (κ1) is 32.9. The molecule has 2 spiro atoms. The molecule has 14 rings (SSSR count). The average molecular weight is 784 g/mol. The third-order valence-corrected chi connectivity index (χ3v) is 13.4. The highest BCUT2D eigenvalue weighted by atomic mass is 16.5. The van der Waals surface area contributed by atoms with Crippen LogP contribution in [-0.4, -0.2) is 4.57 Å². The topological polar surface area (TPSA) is 41.9 Å². The van der Waals surface area contributed by atoms with Crippen molar-refractivity contribution < 1.29 is 18.9 Å². The van der Waals surface area contributed by atoms with E-state index in [1.807, 2.05) is 24.3 Å². The molecule has 0 atom stereocenters. The Balaban J connectivity index is 1.14. The fourth-order valence-corrected chi connectivity index (χ4v) is 11.1. The zero-order valence-corrected chi connectivity index (χ0v) is 32.6. The molecule has 286 valence electrons. The number of aromatic nitrogens is 1. The number of fused-ring (bicyclic) bond motifs is 19. The van der Waals surface area contributed by atoms with Crippen molar-refractivity contribution >= 4 is 21.8 Å². The second kappa shape index (κ2) is 11.8. The third kappa shape index (κ3) is 4.10. The van der Waals surface area contributed by atoms with Crippen LogP contribution in [0.2, 0.25) is 0 Å². The predicted octanol–water partition coefficient (Wildman–Crippen LogP) is 14.0. The number of para-hydroxylation sites is 7. The predicted molar refractivity (Wildman–Crippen MR) is 238 cm³/mol. The van der Waals surface area contributed by atoms with Gasteiger partial charge in [0.1, 0.15) is 46.0 Å². The molecular formula is C56H33NO4. The molecule has 10 aromatic rings. The van der Waals surface area contributed by atoms with Crippen molar-refractivity contribution in [1.29, 1.82) is 0 Å². The van der Waals surface area contributed by atoms with E-state index in [1.165, 1.54) is 0 Å². The van der Waals surface area contributed by atoms with Gasteiger partial charge in [0.15, 0.2) is 0 Å². The first-order chi connectivity index (χ1) is 30.2. The number of rotatable bonds is 1. The Kier molecular flexibility index (Phi) is 6.36. The summed E-state index contributed by atoms with van der Waals surface area (Å²) in [5, 5.41) is 2.13. The van der Waals surface area contributed by atoms with Crippen LogP contribution in [0.25, 0.3) is 27.5 Å². The van der Waals surface area contributed by atoms with E-state index < -0.39 is 10.8 Å². The second-order valence-electron chi connectivity index (χ2n) is 16.3. The molecule has 0 bridgehead atoms. The largest absolute Gasteiger partial charge is 0.457 e. The highest BCUT2D eigenvalue weighted by Gasteiger charge is 2.52. The van der Waals surface area contributed by atoms with Crippen LogP contribution < -0.4 is 18.9 Å². The maximum absolute atomic E-state index is 7.04. The van der Waals surface area contributed by atoms with E-state index in [2.05, 4.69) is 180 Å². The third-order valence-electron chi connectivity index (χ3n) is 13.4. The summed E-state index contributed by atoms with van der Waals surface area (Å²) < 4.78 is 29.9. The van der Waals surface area contributed by atoms with Gasteiger partial charge in [-0.25, -0.2) is 0 Å². The number of hydrogen-bond acceptors (Lipinski definition) is 4. The Bertz CT molecular complexity index is 3170. The van der Waals surface area contributed by atoms with Gasteiger partial charge in [-0.15, -0.1) is 0 Å². The molecule has 0 fully saturated rings. The number of ether oxygens (including phenoxy) is 4. The van der Waals surface area contributed by atoms with Crippen molar-refractivity contribution in [2.45, 2.75) is 10.8 Å². The molecule has 61 heavy (non-hydrogen) atoms. The highest BCUT2D eigenvalue weighted by Crippen LogP contribution is 2.64. The van der Waals surface area contributed by atoms with E-state index in [4.69, 9.17) is 18.9 Å². The fourth-order valence-electron chi connectivity index (χ4n) is 11.1. The molecule has 0 saturated heterocycles. The molecule has 0 amide bonds. The molecule has 9 aromatic carbocycles. The summed E-state index contributed by atoms with van der Waals surface area (Å²) in [6.45, 7) is 0. The van der Waals surface area contributed by atoms with E-state index in [0.717, 1.165) is 118 Å². The molecule has 5 heterocycles. The van der Waals surface area contributed by atoms with Crippen LogP contribution in [0.3, 0.4) is 0 Å². The van der Waals surface area contributed by atoms with Crippen LogP contribution in [0.5, 0.6) is 46.0 Å². The molecule has 0 N–H and O–H groups in total. The molecule has 5 heteroatoms. The van der Waals surface area contributed by atoms with E-state index in [9.17, 15) is 0 Å². The quantitative estimate of drug-likeness (QED) is 0.166. The first-order valence-corrected chi connectivity index (χ1v) is 20.7. The van der Waals surface area contributed by atoms with Gasteiger partial charge < -0.3 is 23.5 Å². The smallest absolute Gasteiger partial charge is 0.133 e. The summed E-state index contributed by atoms with van der Waals surface area (Å²) in [7, 11) is 0. The molecule has 4 aliphatic heterocycles. The standard InChI is InChI=1S/C56H33NO4/c1-2-16-34(17-3-1)57-45-32-43-53(60-51-28-14-8-22-41(51)55(43)37-18-4-10-24-47(37)58-48-25-11-5-19-38(48)55)30-35(45)36-31-54-44(33-46(36)57)56(42-23-9-15-29-52(42)61-54)39-20-6-12-26-49(39)59-50-27-13-7-21-40(50)56/h1-33H. The lowest BCUT2D eigenvalue weighted by molar-refractivity contribution is 0.399. The van der Waals surface area contributed by atoms with Crippen molar-refractivity contribution in [2.24, 2.45) is 0 Å². The lowest BCUT2D eigenvalue weighted by atomic mass is 9.62. The van der Waals surface area contributed by atoms with E-state index in [1.54, 1.807) is 0 Å². The number of nitrogens with zero attached hydrogens (tertiary/aromatic N) is 1. The van der Waals surface area contributed by atoms with Gasteiger partial charge in [0.25, 0.3) is 0 Å². The second-order valence-corrected chi connectivity index (χ2v) is 16.3. The molecule has 1 aromatic heterocycles. The summed E-state index contributed by atoms with van der Waals surface area (Å²) in [6, 6.07) is 70.6. The van der Waals surface area contributed by atoms with Crippen molar-refractivity contribution in [1.82, 2.24) is 4.57 Å². The Morgan fingerprint density at radius 1 is 0.262 bits per heavy atom. The molecule has 0 aliphatic carbocycles. The van der Waals surface area contributed by atoms with Gasteiger partial charge >= 0.3 is 0 Å². The van der Waals surface area contributed by atoms with Crippen LogP contribution >= 0.6 is 0 Å². The maximum atomic E-state index is 7.04. The number of hydrogen-bond donors (Lipinski definition) is 0. The van der Waals surface area contributed by atoms with Gasteiger partial charge in [-0.3, -0.25) is 0 Å². The average Bonchev–Trinajstić information content (AvgIpc) is 3.62. The maximum Gasteiger partial charge on any atom is 0.133 e. The van der Waals surface area contributed by atoms with Crippen LogP contribution in [0.4, 0.5) is 0 Å². The summed E-state index contributed by atoms with van der Waals surface area (Å²) in [5.74, 6) is 6.58. The first-order valence-electron chi connectivity index (χ1n) is 20.7. The summed E-state index contributed by atoms with van der Waals surface area (Å²) in [5.41, 5.74) is 10.3. The van der Waals surface area contributed by atoms with Crippen LogP contribution in [-0.2, 0) is 10.8 Å². The summed E-state index contributed by atoms with van der Waals surface area (Å²) in [6.07, 6.45) is 0. The van der Waals surface area contributed by atoms with Gasteiger partial charge in [0, 0.05) is 61.0 Å². The van der Waals surface area contributed by atoms with Crippen LogP contribution in [0.1, 0.15) is 44.5 Å². The Labute approximate surface area is 351 Å². The van der Waals surface area contributed by atoms with Crippen molar-refractivity contribution in [3.63, 3.8) is 0 Å². The Morgan fingerprint density at radius 2 is 0.541 bits per heavy atom. The Morgan fingerprint density at radius 3 is 0.869 bits per heavy atom. The number of benzene rings is 9. The van der Waals surface area contributed by atoms with Gasteiger partial charge in [0.05, 0.1) is 21.9 Å². The highest BCUT2D eigenvalue weighted by molar-refractivity contribution is 6.11. The molecule has 5 nitrogen and oxygen atoms in total. The van der Waals surface area contributed by atoms with Crippen LogP contribution in [0.15, 0.2) is 200 Å². The monoisotopic (exact) mass is 783 g/mol. The van der Waals surface area contributed by atoms with Crippen LogP contribution in [0, 0.1) is 0 Å². The van der Waals surface area contributed by atoms with Gasteiger partial charge in [0.2, 0.25) is 0 Å². The summed E-state index contributed by atoms with van der Waals surface area (Å²) in [4.78, 5) is 0. The minimum absolute atomic E-state index is 0.731. The molecule has 0 saturated carbocycles. The Hall–Kier alpha value is -8.02. The lowest BCUT2D eigenvalue weighted by Crippen LogP contribution is -2.36. The normalized spacial score (nSPS) is 15.0. The fraction of sp³-hybridized carbons (Fsp3) is 0.0357. The van der Waals surface area contributed by atoms with Gasteiger partial charge in [-0.2, -0.15) is 0 Å². The van der Waals surface area contributed by atoms with Crippen molar-refractivity contribution in [3.8, 4) is 51.7 Å². The minimum Gasteiger partial charge on any atom is -0.457 e. The van der Waals surface area contributed by atoms with Gasteiger partial charge in [-0.05, 0) is 72.8 Å². The zero-order valence-electron chi connectivity index (χ0n) is 32.6. The molecule has 0 unspecified atom stereocenters. The van der Waals surface area contributed by atoms with Crippen molar-refractivity contribution in [2.75, 3.05) is 0 Å². The summed E-state index contributed by atoms with van der Waals surface area (Å²) >= 11 is 0. The van der Waals surface area contributed by atoms with Gasteiger partial charge in [-0.1, -0.05) is 127 Å². The van der Waals surface area contributed by atoms with E-state index >= 15 is 0 Å².